The molecule has 3 heterocycles. The molecule has 1 amide bonds. The third kappa shape index (κ3) is 5.07. The molecule has 0 spiro atoms. The number of hydrogen-bond acceptors (Lipinski definition) is 6. The molecule has 1 aliphatic rings. The van der Waals surface area contributed by atoms with Gasteiger partial charge in [-0.25, -0.2) is 15.0 Å². The van der Waals surface area contributed by atoms with Crippen LogP contribution in [-0.2, 0) is 10.3 Å². The van der Waals surface area contributed by atoms with E-state index >= 15 is 0 Å². The van der Waals surface area contributed by atoms with Gasteiger partial charge < -0.3 is 14.4 Å². The smallest absolute Gasteiger partial charge is 0.233 e. The van der Waals surface area contributed by atoms with Crippen LogP contribution in [0, 0.1) is 0 Å². The van der Waals surface area contributed by atoms with E-state index in [4.69, 9.17) is 4.98 Å². The summed E-state index contributed by atoms with van der Waals surface area (Å²) < 4.78 is 2.11. The van der Waals surface area contributed by atoms with Crippen molar-refractivity contribution in [2.24, 2.45) is 0 Å². The Balaban J connectivity index is 1.33. The zero-order valence-corrected chi connectivity index (χ0v) is 19.0. The quantitative estimate of drug-likeness (QED) is 0.570. The highest BCUT2D eigenvalue weighted by atomic mass is 32.2. The van der Waals surface area contributed by atoms with Crippen LogP contribution in [0.4, 0.5) is 5.82 Å². The summed E-state index contributed by atoms with van der Waals surface area (Å²) in [4.78, 5) is 30.5. The second-order valence-corrected chi connectivity index (χ2v) is 9.45. The van der Waals surface area contributed by atoms with Gasteiger partial charge in [0.15, 0.2) is 11.0 Å². The Bertz CT molecular complexity index is 1020. The summed E-state index contributed by atoms with van der Waals surface area (Å²) in [5, 5.41) is 0.883. The van der Waals surface area contributed by atoms with Crippen LogP contribution in [0.15, 0.2) is 60.1 Å². The molecule has 162 valence electrons. The van der Waals surface area contributed by atoms with Crippen LogP contribution in [0.2, 0.25) is 0 Å². The fourth-order valence-electron chi connectivity index (χ4n) is 3.56. The highest BCUT2D eigenvalue weighted by Crippen LogP contribution is 2.24. The van der Waals surface area contributed by atoms with Gasteiger partial charge in [-0.1, -0.05) is 42.1 Å². The van der Waals surface area contributed by atoms with Crippen LogP contribution in [0.5, 0.6) is 0 Å². The van der Waals surface area contributed by atoms with Crippen LogP contribution >= 0.6 is 11.8 Å². The summed E-state index contributed by atoms with van der Waals surface area (Å²) in [5.41, 5.74) is 0.952. The van der Waals surface area contributed by atoms with Gasteiger partial charge in [0.25, 0.3) is 0 Å². The normalized spacial score (nSPS) is 14.7. The number of imidazole rings is 1. The predicted molar refractivity (Wildman–Crippen MR) is 124 cm³/mol. The Labute approximate surface area is 187 Å². The van der Waals surface area contributed by atoms with Gasteiger partial charge in [-0.15, -0.1) is 0 Å². The van der Waals surface area contributed by atoms with Crippen LogP contribution in [0.25, 0.3) is 11.4 Å². The van der Waals surface area contributed by atoms with Crippen molar-refractivity contribution in [1.82, 2.24) is 24.4 Å². The average molecular weight is 437 g/mol. The van der Waals surface area contributed by atoms with Gasteiger partial charge in [-0.3, -0.25) is 4.79 Å². The van der Waals surface area contributed by atoms with Crippen molar-refractivity contribution in [2.45, 2.75) is 31.5 Å². The van der Waals surface area contributed by atoms with E-state index in [1.165, 1.54) is 11.8 Å². The summed E-state index contributed by atoms with van der Waals surface area (Å²) in [6.45, 7) is 9.31. The van der Waals surface area contributed by atoms with Gasteiger partial charge in [-0.05, 0) is 26.8 Å². The first-order valence-corrected chi connectivity index (χ1v) is 11.5. The Morgan fingerprint density at radius 2 is 1.74 bits per heavy atom. The number of carbonyl (C=O) groups excluding carboxylic acids is 1. The lowest BCUT2D eigenvalue weighted by atomic mass is 10.1. The summed E-state index contributed by atoms with van der Waals surface area (Å²) in [5.74, 6) is 2.18. The van der Waals surface area contributed by atoms with Gasteiger partial charge >= 0.3 is 0 Å². The molecule has 1 fully saturated rings. The molecule has 0 radical (unpaired) electrons. The highest BCUT2D eigenvalue weighted by Gasteiger charge is 2.24. The molecule has 0 atom stereocenters. The zero-order valence-electron chi connectivity index (χ0n) is 18.2. The largest absolute Gasteiger partial charge is 0.353 e. The summed E-state index contributed by atoms with van der Waals surface area (Å²) in [6, 6.07) is 11.9. The molecule has 0 aliphatic carbocycles. The van der Waals surface area contributed by atoms with Gasteiger partial charge in [0.1, 0.15) is 5.82 Å². The molecule has 8 heteroatoms. The minimum absolute atomic E-state index is 0.0519. The van der Waals surface area contributed by atoms with Gasteiger partial charge in [0.2, 0.25) is 5.91 Å². The standard InChI is InChI=1S/C23H28N6OS/c1-23(2,3)29-12-11-25-22(29)31-17-20(30)28-15-13-27(14-16-28)19-9-10-24-21(26-19)18-7-5-4-6-8-18/h4-12H,13-17H2,1-3H3. The number of anilines is 1. The van der Waals surface area contributed by atoms with E-state index in [1.807, 2.05) is 47.5 Å². The number of amides is 1. The average Bonchev–Trinajstić information content (AvgIpc) is 3.28. The molecule has 0 saturated carbocycles. The molecule has 7 nitrogen and oxygen atoms in total. The monoisotopic (exact) mass is 436 g/mol. The van der Waals surface area contributed by atoms with E-state index in [0.717, 1.165) is 35.5 Å². The Kier molecular flexibility index (Phi) is 6.27. The van der Waals surface area contributed by atoms with Crippen LogP contribution in [-0.4, -0.2) is 62.3 Å². The van der Waals surface area contributed by atoms with Crippen LogP contribution in [0.1, 0.15) is 20.8 Å². The fourth-order valence-corrected chi connectivity index (χ4v) is 4.61. The molecular formula is C23H28N6OS. The number of aromatic nitrogens is 4. The Morgan fingerprint density at radius 1 is 1.00 bits per heavy atom. The number of rotatable bonds is 5. The number of benzene rings is 1. The Hall–Kier alpha value is -2.87. The molecular weight excluding hydrogens is 408 g/mol. The fraction of sp³-hybridized carbons (Fsp3) is 0.391. The number of nitrogens with zero attached hydrogens (tertiary/aromatic N) is 6. The minimum Gasteiger partial charge on any atom is -0.353 e. The summed E-state index contributed by atoms with van der Waals surface area (Å²) in [7, 11) is 0. The van der Waals surface area contributed by atoms with Crippen LogP contribution in [0.3, 0.4) is 0 Å². The van der Waals surface area contributed by atoms with Crippen molar-refractivity contribution in [2.75, 3.05) is 36.8 Å². The highest BCUT2D eigenvalue weighted by molar-refractivity contribution is 7.99. The first-order valence-electron chi connectivity index (χ1n) is 10.5. The van der Waals surface area contributed by atoms with E-state index in [2.05, 4.69) is 40.2 Å². The Morgan fingerprint density at radius 3 is 2.45 bits per heavy atom. The van der Waals surface area contributed by atoms with Crippen molar-refractivity contribution >= 4 is 23.5 Å². The maximum absolute atomic E-state index is 12.8. The van der Waals surface area contributed by atoms with Crippen molar-refractivity contribution in [1.29, 1.82) is 0 Å². The maximum Gasteiger partial charge on any atom is 0.233 e. The first-order chi connectivity index (χ1) is 14.9. The van der Waals surface area contributed by atoms with E-state index in [0.29, 0.717) is 18.8 Å². The topological polar surface area (TPSA) is 67.2 Å². The molecule has 0 unspecified atom stereocenters. The number of piperazine rings is 1. The molecule has 1 saturated heterocycles. The SMILES string of the molecule is CC(C)(C)n1ccnc1SCC(=O)N1CCN(c2ccnc(-c3ccccc3)n2)CC1. The third-order valence-corrected chi connectivity index (χ3v) is 6.24. The first kappa shape index (κ1) is 21.4. The molecule has 1 aromatic carbocycles. The molecule has 0 N–H and O–H groups in total. The van der Waals surface area contributed by atoms with Crippen molar-refractivity contribution in [3.8, 4) is 11.4 Å². The molecule has 0 bridgehead atoms. The summed E-state index contributed by atoms with van der Waals surface area (Å²) in [6.07, 6.45) is 5.56. The van der Waals surface area contributed by atoms with Gasteiger partial charge in [0, 0.05) is 55.9 Å². The molecule has 3 aromatic rings. The van der Waals surface area contributed by atoms with E-state index < -0.39 is 0 Å². The second kappa shape index (κ2) is 9.09. The number of carbonyl (C=O) groups is 1. The molecule has 2 aromatic heterocycles. The molecule has 1 aliphatic heterocycles. The zero-order chi connectivity index (χ0) is 21.8. The van der Waals surface area contributed by atoms with Gasteiger partial charge in [0.05, 0.1) is 5.75 Å². The minimum atomic E-state index is -0.0519. The van der Waals surface area contributed by atoms with Gasteiger partial charge in [-0.2, -0.15) is 0 Å². The van der Waals surface area contributed by atoms with Crippen LogP contribution < -0.4 is 4.90 Å². The van der Waals surface area contributed by atoms with E-state index in [9.17, 15) is 4.79 Å². The maximum atomic E-state index is 12.8. The number of hydrogen-bond donors (Lipinski definition) is 0. The third-order valence-electron chi connectivity index (χ3n) is 5.28. The van der Waals surface area contributed by atoms with Crippen molar-refractivity contribution in [3.05, 3.63) is 55.0 Å². The lowest BCUT2D eigenvalue weighted by Crippen LogP contribution is -2.49. The lowest BCUT2D eigenvalue weighted by molar-refractivity contribution is -0.128. The number of thioether (sulfide) groups is 1. The molecule has 4 rings (SSSR count). The van der Waals surface area contributed by atoms with E-state index in [1.54, 1.807) is 12.4 Å². The second-order valence-electron chi connectivity index (χ2n) is 8.51. The molecule has 31 heavy (non-hydrogen) atoms. The summed E-state index contributed by atoms with van der Waals surface area (Å²) >= 11 is 1.51. The van der Waals surface area contributed by atoms with E-state index in [-0.39, 0.29) is 11.4 Å². The predicted octanol–water partition coefficient (Wildman–Crippen LogP) is 3.54. The lowest BCUT2D eigenvalue weighted by Gasteiger charge is -2.35. The van der Waals surface area contributed by atoms with Crippen molar-refractivity contribution in [3.63, 3.8) is 0 Å². The van der Waals surface area contributed by atoms with Crippen molar-refractivity contribution < 1.29 is 4.79 Å².